The lowest BCUT2D eigenvalue weighted by Gasteiger charge is -2.22. The molecule has 0 aromatic heterocycles. The molecule has 4 heteroatoms. The van der Waals surface area contributed by atoms with Gasteiger partial charge < -0.3 is 15.8 Å². The van der Waals surface area contributed by atoms with Crippen molar-refractivity contribution in [1.29, 1.82) is 0 Å². The number of amides is 1. The average molecular weight is 250 g/mol. The van der Waals surface area contributed by atoms with Crippen molar-refractivity contribution in [2.24, 2.45) is 5.73 Å². The van der Waals surface area contributed by atoms with E-state index in [1.165, 1.54) is 0 Å². The van der Waals surface area contributed by atoms with Crippen LogP contribution in [-0.4, -0.2) is 24.2 Å². The molecule has 0 aliphatic carbocycles. The van der Waals surface area contributed by atoms with Crippen molar-refractivity contribution < 1.29 is 9.53 Å². The van der Waals surface area contributed by atoms with E-state index in [9.17, 15) is 4.79 Å². The molecule has 18 heavy (non-hydrogen) atoms. The van der Waals surface area contributed by atoms with Crippen LogP contribution in [0.1, 0.15) is 26.3 Å². The Morgan fingerprint density at radius 2 is 1.94 bits per heavy atom. The molecule has 100 valence electrons. The Balaban J connectivity index is 2.32. The first-order valence-electron chi connectivity index (χ1n) is 6.09. The normalized spacial score (nSPS) is 13.1. The predicted molar refractivity (Wildman–Crippen MR) is 72.0 cm³/mol. The third-order valence-electron chi connectivity index (χ3n) is 2.34. The van der Waals surface area contributed by atoms with E-state index in [1.807, 2.05) is 51.1 Å². The molecule has 0 bridgehead atoms. The van der Waals surface area contributed by atoms with Crippen LogP contribution in [0.2, 0.25) is 0 Å². The Kier molecular flexibility index (Phi) is 5.31. The Morgan fingerprint density at radius 3 is 2.50 bits per heavy atom. The molecule has 0 aliphatic rings. The number of nitrogens with one attached hydrogen (secondary N) is 1. The van der Waals surface area contributed by atoms with Gasteiger partial charge in [-0.05, 0) is 26.3 Å². The zero-order chi connectivity index (χ0) is 13.6. The smallest absolute Gasteiger partial charge is 0.239 e. The van der Waals surface area contributed by atoms with Gasteiger partial charge in [0.15, 0.2) is 0 Å². The van der Waals surface area contributed by atoms with E-state index >= 15 is 0 Å². The minimum absolute atomic E-state index is 0.192. The molecule has 0 unspecified atom stereocenters. The molecule has 3 N–H and O–H groups in total. The highest BCUT2D eigenvalue weighted by molar-refractivity contribution is 5.81. The van der Waals surface area contributed by atoms with E-state index in [0.717, 1.165) is 5.56 Å². The lowest BCUT2D eigenvalue weighted by Crippen LogP contribution is -2.44. The maximum atomic E-state index is 11.7. The Labute approximate surface area is 109 Å². The number of carbonyl (C=O) groups is 1. The van der Waals surface area contributed by atoms with Gasteiger partial charge in [-0.3, -0.25) is 4.79 Å². The first-order valence-corrected chi connectivity index (χ1v) is 6.09. The summed E-state index contributed by atoms with van der Waals surface area (Å²) in [6.07, 6.45) is 0. The lowest BCUT2D eigenvalue weighted by molar-refractivity contribution is -0.125. The van der Waals surface area contributed by atoms with E-state index in [1.54, 1.807) is 0 Å². The predicted octanol–water partition coefficient (Wildman–Crippen LogP) is 1.45. The van der Waals surface area contributed by atoms with Crippen molar-refractivity contribution in [3.05, 3.63) is 35.9 Å². The number of ether oxygens (including phenoxy) is 1. The summed E-state index contributed by atoms with van der Waals surface area (Å²) in [5.74, 6) is -0.192. The first-order chi connectivity index (χ1) is 8.38. The molecule has 0 saturated heterocycles. The van der Waals surface area contributed by atoms with Gasteiger partial charge in [0.1, 0.15) is 6.04 Å². The number of nitrogens with two attached hydrogens (primary N) is 1. The van der Waals surface area contributed by atoms with Crippen LogP contribution in [0.3, 0.4) is 0 Å². The summed E-state index contributed by atoms with van der Waals surface area (Å²) < 4.78 is 5.48. The van der Waals surface area contributed by atoms with Gasteiger partial charge in [-0.2, -0.15) is 0 Å². The van der Waals surface area contributed by atoms with Gasteiger partial charge in [0.2, 0.25) is 5.91 Å². The van der Waals surface area contributed by atoms with Gasteiger partial charge in [0, 0.05) is 6.54 Å². The minimum Gasteiger partial charge on any atom is -0.374 e. The molecule has 4 nitrogen and oxygen atoms in total. The quantitative estimate of drug-likeness (QED) is 0.831. The number of rotatable bonds is 5. The summed E-state index contributed by atoms with van der Waals surface area (Å²) in [6, 6.07) is 9.09. The zero-order valence-corrected chi connectivity index (χ0v) is 11.3. The fourth-order valence-corrected chi connectivity index (χ4v) is 1.33. The third kappa shape index (κ3) is 5.80. The number of hydrogen-bond donors (Lipinski definition) is 2. The highest BCUT2D eigenvalue weighted by atomic mass is 16.5. The summed E-state index contributed by atoms with van der Waals surface area (Å²) in [5, 5.41) is 2.79. The maximum Gasteiger partial charge on any atom is 0.239 e. The summed E-state index contributed by atoms with van der Waals surface area (Å²) >= 11 is 0. The molecule has 1 rings (SSSR count). The van der Waals surface area contributed by atoms with Crippen LogP contribution in [-0.2, 0) is 16.1 Å². The molecular formula is C14H22N2O2. The molecule has 0 saturated carbocycles. The molecule has 1 aromatic rings. The van der Waals surface area contributed by atoms with Crippen molar-refractivity contribution in [3.63, 3.8) is 0 Å². The van der Waals surface area contributed by atoms with Gasteiger partial charge in [-0.1, -0.05) is 30.3 Å². The van der Waals surface area contributed by atoms with Crippen molar-refractivity contribution in [1.82, 2.24) is 5.32 Å². The molecule has 0 fully saturated rings. The van der Waals surface area contributed by atoms with Crippen LogP contribution in [0.4, 0.5) is 0 Å². The molecule has 0 spiro atoms. The molecule has 1 atom stereocenters. The lowest BCUT2D eigenvalue weighted by atomic mass is 10.2. The van der Waals surface area contributed by atoms with Gasteiger partial charge in [-0.15, -0.1) is 0 Å². The van der Waals surface area contributed by atoms with Crippen LogP contribution in [0.15, 0.2) is 30.3 Å². The van der Waals surface area contributed by atoms with Gasteiger partial charge in [0.25, 0.3) is 0 Å². The maximum absolute atomic E-state index is 11.7. The van der Waals surface area contributed by atoms with Crippen LogP contribution >= 0.6 is 0 Å². The van der Waals surface area contributed by atoms with E-state index < -0.39 is 6.04 Å². The van der Waals surface area contributed by atoms with E-state index in [2.05, 4.69) is 5.32 Å². The second-order valence-electron chi connectivity index (χ2n) is 5.23. The van der Waals surface area contributed by atoms with Crippen molar-refractivity contribution >= 4 is 5.91 Å². The second kappa shape index (κ2) is 6.52. The number of benzene rings is 1. The fourth-order valence-electron chi connectivity index (χ4n) is 1.33. The molecule has 0 radical (unpaired) electrons. The monoisotopic (exact) mass is 250 g/mol. The summed E-state index contributed by atoms with van der Waals surface area (Å²) in [6.45, 7) is 6.51. The minimum atomic E-state index is -0.632. The number of hydrogen-bond acceptors (Lipinski definition) is 3. The highest BCUT2D eigenvalue weighted by Crippen LogP contribution is 2.06. The topological polar surface area (TPSA) is 64.3 Å². The first kappa shape index (κ1) is 14.7. The third-order valence-corrected chi connectivity index (χ3v) is 2.34. The summed E-state index contributed by atoms with van der Waals surface area (Å²) in [5.41, 5.74) is 6.52. The summed E-state index contributed by atoms with van der Waals surface area (Å²) in [7, 11) is 0. The van der Waals surface area contributed by atoms with Crippen molar-refractivity contribution in [2.75, 3.05) is 6.61 Å². The standard InChI is InChI=1S/C14H22N2O2/c1-14(2,3)18-10-12(15)13(17)16-9-11-7-5-4-6-8-11/h4-8,12H,9-10,15H2,1-3H3,(H,16,17)/t12-/m1/s1. The van der Waals surface area contributed by atoms with Crippen LogP contribution in [0.5, 0.6) is 0 Å². The van der Waals surface area contributed by atoms with E-state index in [4.69, 9.17) is 10.5 Å². The number of carbonyl (C=O) groups excluding carboxylic acids is 1. The van der Waals surface area contributed by atoms with E-state index in [-0.39, 0.29) is 18.1 Å². The van der Waals surface area contributed by atoms with Gasteiger partial charge in [0.05, 0.1) is 12.2 Å². The Bertz CT molecular complexity index is 371. The molecule has 0 aliphatic heterocycles. The molecule has 1 aromatic carbocycles. The molecular weight excluding hydrogens is 228 g/mol. The van der Waals surface area contributed by atoms with E-state index in [0.29, 0.717) is 6.54 Å². The Hall–Kier alpha value is -1.39. The average Bonchev–Trinajstić information content (AvgIpc) is 2.33. The zero-order valence-electron chi connectivity index (χ0n) is 11.3. The van der Waals surface area contributed by atoms with Crippen LogP contribution in [0, 0.1) is 0 Å². The molecule has 0 heterocycles. The van der Waals surface area contributed by atoms with Gasteiger partial charge in [-0.25, -0.2) is 0 Å². The van der Waals surface area contributed by atoms with Gasteiger partial charge >= 0.3 is 0 Å². The van der Waals surface area contributed by atoms with Crippen LogP contribution < -0.4 is 11.1 Å². The summed E-state index contributed by atoms with van der Waals surface area (Å²) in [4.78, 5) is 11.7. The second-order valence-corrected chi connectivity index (χ2v) is 5.23. The highest BCUT2D eigenvalue weighted by Gasteiger charge is 2.17. The fraction of sp³-hybridized carbons (Fsp3) is 0.500. The molecule has 1 amide bonds. The van der Waals surface area contributed by atoms with Crippen LogP contribution in [0.25, 0.3) is 0 Å². The van der Waals surface area contributed by atoms with Crippen molar-refractivity contribution in [3.8, 4) is 0 Å². The Morgan fingerprint density at radius 1 is 1.33 bits per heavy atom. The largest absolute Gasteiger partial charge is 0.374 e. The van der Waals surface area contributed by atoms with Crippen molar-refractivity contribution in [2.45, 2.75) is 39.0 Å². The SMILES string of the molecule is CC(C)(C)OC[C@@H](N)C(=O)NCc1ccccc1.